The monoisotopic (exact) mass is 352 g/mol. The van der Waals surface area contributed by atoms with E-state index in [4.69, 9.17) is 0 Å². The first-order valence-electron chi connectivity index (χ1n) is 8.89. The Labute approximate surface area is 152 Å². The number of hydrogen-bond donors (Lipinski definition) is 2. The minimum atomic E-state index is 0.475. The van der Waals surface area contributed by atoms with E-state index < -0.39 is 0 Å². The van der Waals surface area contributed by atoms with Crippen LogP contribution in [0.2, 0.25) is 0 Å². The van der Waals surface area contributed by atoms with Crippen molar-refractivity contribution in [3.8, 4) is 10.6 Å². The number of aromatic amines is 1. The van der Waals surface area contributed by atoms with E-state index in [0.717, 1.165) is 31.9 Å². The van der Waals surface area contributed by atoms with E-state index in [0.29, 0.717) is 6.04 Å². The summed E-state index contributed by atoms with van der Waals surface area (Å²) in [5.74, 6) is 0. The molecule has 1 aliphatic rings. The summed E-state index contributed by atoms with van der Waals surface area (Å²) in [7, 11) is 0. The Kier molecular flexibility index (Phi) is 4.97. The summed E-state index contributed by atoms with van der Waals surface area (Å²) in [6.07, 6.45) is 2.97. The Morgan fingerprint density at radius 3 is 2.92 bits per heavy atom. The molecule has 0 fully saturated rings. The molecule has 0 radical (unpaired) electrons. The summed E-state index contributed by atoms with van der Waals surface area (Å²) in [5, 5.41) is 10.7. The molecule has 0 saturated heterocycles. The molecule has 0 saturated carbocycles. The van der Waals surface area contributed by atoms with Gasteiger partial charge in [0.25, 0.3) is 0 Å². The average Bonchev–Trinajstić information content (AvgIpc) is 3.31. The molecule has 0 spiro atoms. The van der Waals surface area contributed by atoms with E-state index in [1.807, 2.05) is 17.4 Å². The Morgan fingerprint density at radius 2 is 2.08 bits per heavy atom. The molecule has 1 aliphatic heterocycles. The van der Waals surface area contributed by atoms with Gasteiger partial charge in [-0.25, -0.2) is 0 Å². The van der Waals surface area contributed by atoms with Crippen LogP contribution in [0.25, 0.3) is 10.6 Å². The second-order valence-corrected chi connectivity index (χ2v) is 7.94. The molecular formula is C20H24N4S. The van der Waals surface area contributed by atoms with E-state index in [1.54, 1.807) is 6.20 Å². The van der Waals surface area contributed by atoms with Crippen molar-refractivity contribution in [1.82, 2.24) is 20.4 Å². The van der Waals surface area contributed by atoms with Gasteiger partial charge in [-0.2, -0.15) is 5.10 Å². The third-order valence-corrected chi connectivity index (χ3v) is 5.91. The van der Waals surface area contributed by atoms with Crippen LogP contribution in [0, 0.1) is 0 Å². The molecule has 5 heteroatoms. The third kappa shape index (κ3) is 4.00. The van der Waals surface area contributed by atoms with Gasteiger partial charge in [0.15, 0.2) is 0 Å². The van der Waals surface area contributed by atoms with Gasteiger partial charge in [0, 0.05) is 43.3 Å². The highest BCUT2D eigenvalue weighted by molar-refractivity contribution is 7.15. The van der Waals surface area contributed by atoms with Crippen molar-refractivity contribution < 1.29 is 0 Å². The first-order valence-corrected chi connectivity index (χ1v) is 9.70. The fourth-order valence-electron chi connectivity index (χ4n) is 3.45. The fraction of sp³-hybridized carbons (Fsp3) is 0.350. The molecule has 2 aromatic heterocycles. The van der Waals surface area contributed by atoms with Crippen molar-refractivity contribution in [3.05, 3.63) is 64.7 Å². The number of thiophene rings is 1. The Hall–Kier alpha value is -1.95. The molecule has 3 heterocycles. The largest absolute Gasteiger partial charge is 0.308 e. The van der Waals surface area contributed by atoms with E-state index in [9.17, 15) is 0 Å². The predicted octanol–water partition coefficient (Wildman–Crippen LogP) is 3.67. The summed E-state index contributed by atoms with van der Waals surface area (Å²) in [6.45, 7) is 6.53. The summed E-state index contributed by atoms with van der Waals surface area (Å²) < 4.78 is 0. The summed E-state index contributed by atoms with van der Waals surface area (Å²) in [6, 6.07) is 15.7. The maximum absolute atomic E-state index is 4.02. The number of nitrogens with one attached hydrogen (secondary N) is 2. The van der Waals surface area contributed by atoms with Crippen LogP contribution in [0.3, 0.4) is 0 Å². The molecule has 2 N–H and O–H groups in total. The quantitative estimate of drug-likeness (QED) is 0.711. The van der Waals surface area contributed by atoms with E-state index in [-0.39, 0.29) is 0 Å². The number of fused-ring (bicyclic) bond motifs is 1. The predicted molar refractivity (Wildman–Crippen MR) is 104 cm³/mol. The van der Waals surface area contributed by atoms with Crippen LogP contribution in [0.5, 0.6) is 0 Å². The molecular weight excluding hydrogens is 328 g/mol. The van der Waals surface area contributed by atoms with E-state index >= 15 is 0 Å². The lowest BCUT2D eigenvalue weighted by Gasteiger charge is -2.31. The van der Waals surface area contributed by atoms with Gasteiger partial charge in [-0.15, -0.1) is 11.3 Å². The highest BCUT2D eigenvalue weighted by Gasteiger charge is 2.17. The average molecular weight is 353 g/mol. The highest BCUT2D eigenvalue weighted by Crippen LogP contribution is 2.26. The number of H-pyrrole nitrogens is 1. The van der Waals surface area contributed by atoms with Crippen molar-refractivity contribution in [2.24, 2.45) is 0 Å². The molecule has 3 aromatic rings. The van der Waals surface area contributed by atoms with Crippen molar-refractivity contribution in [2.75, 3.05) is 13.1 Å². The Bertz CT molecular complexity index is 809. The topological polar surface area (TPSA) is 44.0 Å². The van der Waals surface area contributed by atoms with Crippen molar-refractivity contribution in [2.45, 2.75) is 32.5 Å². The SMILES string of the molecule is CC(CN1CCc2ccccc2C1)NCc1ccc(-c2ccn[nH]2)s1. The van der Waals surface area contributed by atoms with Gasteiger partial charge < -0.3 is 5.32 Å². The number of nitrogens with zero attached hydrogens (tertiary/aromatic N) is 2. The first kappa shape index (κ1) is 16.5. The van der Waals surface area contributed by atoms with Gasteiger partial charge in [-0.3, -0.25) is 10.00 Å². The van der Waals surface area contributed by atoms with Crippen LogP contribution < -0.4 is 5.32 Å². The second kappa shape index (κ2) is 7.52. The van der Waals surface area contributed by atoms with Gasteiger partial charge >= 0.3 is 0 Å². The molecule has 25 heavy (non-hydrogen) atoms. The highest BCUT2D eigenvalue weighted by atomic mass is 32.1. The molecule has 1 atom stereocenters. The van der Waals surface area contributed by atoms with Crippen LogP contribution >= 0.6 is 11.3 Å². The maximum atomic E-state index is 4.02. The number of rotatable bonds is 6. The molecule has 4 nitrogen and oxygen atoms in total. The lowest BCUT2D eigenvalue weighted by atomic mass is 10.00. The van der Waals surface area contributed by atoms with Crippen LogP contribution in [0.1, 0.15) is 22.9 Å². The smallest absolute Gasteiger partial charge is 0.0749 e. The van der Waals surface area contributed by atoms with Crippen LogP contribution in [0.4, 0.5) is 0 Å². The van der Waals surface area contributed by atoms with Gasteiger partial charge in [0.05, 0.1) is 10.6 Å². The molecule has 0 aliphatic carbocycles. The lowest BCUT2D eigenvalue weighted by Crippen LogP contribution is -2.41. The van der Waals surface area contributed by atoms with Gasteiger partial charge in [-0.05, 0) is 42.7 Å². The molecule has 1 aromatic carbocycles. The van der Waals surface area contributed by atoms with Crippen LogP contribution in [0.15, 0.2) is 48.7 Å². The van der Waals surface area contributed by atoms with Gasteiger partial charge in [0.1, 0.15) is 0 Å². The zero-order valence-electron chi connectivity index (χ0n) is 14.5. The molecule has 1 unspecified atom stereocenters. The maximum Gasteiger partial charge on any atom is 0.0749 e. The first-order chi connectivity index (χ1) is 12.3. The summed E-state index contributed by atoms with van der Waals surface area (Å²) in [5.41, 5.74) is 4.10. The Balaban J connectivity index is 1.28. The number of benzene rings is 1. The third-order valence-electron chi connectivity index (χ3n) is 4.79. The molecule has 0 amide bonds. The zero-order chi connectivity index (χ0) is 17.1. The molecule has 130 valence electrons. The normalized spacial score (nSPS) is 15.9. The van der Waals surface area contributed by atoms with Gasteiger partial charge in [0.2, 0.25) is 0 Å². The number of hydrogen-bond acceptors (Lipinski definition) is 4. The van der Waals surface area contributed by atoms with Crippen molar-refractivity contribution in [1.29, 1.82) is 0 Å². The minimum Gasteiger partial charge on any atom is -0.308 e. The summed E-state index contributed by atoms with van der Waals surface area (Å²) >= 11 is 1.82. The molecule has 4 rings (SSSR count). The van der Waals surface area contributed by atoms with Crippen LogP contribution in [-0.2, 0) is 19.5 Å². The Morgan fingerprint density at radius 1 is 1.20 bits per heavy atom. The van der Waals surface area contributed by atoms with Crippen molar-refractivity contribution >= 4 is 11.3 Å². The van der Waals surface area contributed by atoms with Crippen molar-refractivity contribution in [3.63, 3.8) is 0 Å². The summed E-state index contributed by atoms with van der Waals surface area (Å²) in [4.78, 5) is 5.17. The number of aromatic nitrogens is 2. The van der Waals surface area contributed by atoms with E-state index in [1.165, 1.54) is 27.3 Å². The van der Waals surface area contributed by atoms with Crippen LogP contribution in [-0.4, -0.2) is 34.2 Å². The minimum absolute atomic E-state index is 0.475. The standard InChI is InChI=1S/C20H24N4S/c1-15(13-24-11-9-16-4-2-3-5-17(16)14-24)21-12-18-6-7-20(25-18)19-8-10-22-23-19/h2-8,10,15,21H,9,11-14H2,1H3,(H,22,23). The zero-order valence-corrected chi connectivity index (χ0v) is 15.4. The lowest BCUT2D eigenvalue weighted by molar-refractivity contribution is 0.229. The van der Waals surface area contributed by atoms with E-state index in [2.05, 4.69) is 63.7 Å². The van der Waals surface area contributed by atoms with Gasteiger partial charge in [-0.1, -0.05) is 24.3 Å². The fourth-order valence-corrected chi connectivity index (χ4v) is 4.38. The second-order valence-electron chi connectivity index (χ2n) is 6.77. The molecule has 0 bridgehead atoms.